The average Bonchev–Trinajstić information content (AvgIpc) is 2.80. The average molecular weight is 287 g/mol. The van der Waals surface area contributed by atoms with E-state index in [-0.39, 0.29) is 11.4 Å². The number of halogens is 2. The Kier molecular flexibility index (Phi) is 3.17. The topological polar surface area (TPSA) is 42.2 Å². The predicted octanol–water partition coefficient (Wildman–Crippen LogP) is 3.67. The summed E-state index contributed by atoms with van der Waals surface area (Å²) < 4.78 is 28.6. The van der Waals surface area contributed by atoms with Crippen molar-refractivity contribution < 1.29 is 18.7 Å². The van der Waals surface area contributed by atoms with Gasteiger partial charge in [0.05, 0.1) is 5.56 Å². The quantitative estimate of drug-likeness (QED) is 0.798. The van der Waals surface area contributed by atoms with Crippen molar-refractivity contribution in [2.24, 2.45) is 0 Å². The maximum Gasteiger partial charge on any atom is 0.338 e. The van der Waals surface area contributed by atoms with Crippen molar-refractivity contribution in [1.29, 1.82) is 0 Å². The highest BCUT2D eigenvalue weighted by molar-refractivity contribution is 5.88. The third-order valence-corrected chi connectivity index (χ3v) is 3.35. The molecule has 21 heavy (non-hydrogen) atoms. The van der Waals surface area contributed by atoms with Crippen molar-refractivity contribution in [2.45, 2.75) is 6.54 Å². The largest absolute Gasteiger partial charge is 0.478 e. The van der Waals surface area contributed by atoms with Crippen LogP contribution in [0.3, 0.4) is 0 Å². The zero-order valence-corrected chi connectivity index (χ0v) is 10.9. The van der Waals surface area contributed by atoms with Gasteiger partial charge in [0.1, 0.15) is 11.6 Å². The van der Waals surface area contributed by atoms with Gasteiger partial charge in [-0.2, -0.15) is 0 Å². The van der Waals surface area contributed by atoms with Crippen LogP contribution >= 0.6 is 0 Å². The molecule has 2 aromatic carbocycles. The highest BCUT2D eigenvalue weighted by Crippen LogP contribution is 2.19. The van der Waals surface area contributed by atoms with Crippen molar-refractivity contribution >= 4 is 16.9 Å². The number of carbonyl (C=O) groups is 1. The molecule has 0 bridgehead atoms. The molecule has 5 heteroatoms. The van der Waals surface area contributed by atoms with Crippen LogP contribution in [0, 0.1) is 11.6 Å². The lowest BCUT2D eigenvalue weighted by atomic mass is 10.1. The van der Waals surface area contributed by atoms with Gasteiger partial charge >= 0.3 is 5.97 Å². The standard InChI is InChI=1S/C16H11F2NO2/c17-12-2-4-15-11(8-12)5-6-19(15)9-10-1-3-13(16(20)21)14(18)7-10/h1-8H,9H2,(H,20,21). The smallest absolute Gasteiger partial charge is 0.338 e. The van der Waals surface area contributed by atoms with E-state index in [1.165, 1.54) is 24.3 Å². The van der Waals surface area contributed by atoms with E-state index >= 15 is 0 Å². The fraction of sp³-hybridized carbons (Fsp3) is 0.0625. The molecule has 3 nitrogen and oxygen atoms in total. The van der Waals surface area contributed by atoms with Gasteiger partial charge in [-0.3, -0.25) is 0 Å². The Balaban J connectivity index is 1.95. The summed E-state index contributed by atoms with van der Waals surface area (Å²) in [6.07, 6.45) is 1.78. The van der Waals surface area contributed by atoms with Crippen LogP contribution in [0.1, 0.15) is 15.9 Å². The lowest BCUT2D eigenvalue weighted by Gasteiger charge is -2.07. The molecule has 3 rings (SSSR count). The van der Waals surface area contributed by atoms with E-state index in [9.17, 15) is 13.6 Å². The van der Waals surface area contributed by atoms with E-state index < -0.39 is 11.8 Å². The van der Waals surface area contributed by atoms with Crippen LogP contribution in [0.5, 0.6) is 0 Å². The first-order valence-corrected chi connectivity index (χ1v) is 6.31. The van der Waals surface area contributed by atoms with E-state index in [1.54, 1.807) is 24.4 Å². The second kappa shape index (κ2) is 5.01. The maximum absolute atomic E-state index is 13.7. The van der Waals surface area contributed by atoms with Gasteiger partial charge in [0, 0.05) is 23.6 Å². The highest BCUT2D eigenvalue weighted by atomic mass is 19.1. The van der Waals surface area contributed by atoms with Gasteiger partial charge in [0.25, 0.3) is 0 Å². The van der Waals surface area contributed by atoms with E-state index in [0.29, 0.717) is 12.1 Å². The second-order valence-corrected chi connectivity index (χ2v) is 4.77. The lowest BCUT2D eigenvalue weighted by Crippen LogP contribution is -2.03. The van der Waals surface area contributed by atoms with Crippen LogP contribution in [0.2, 0.25) is 0 Å². The van der Waals surface area contributed by atoms with Crippen molar-refractivity contribution in [3.63, 3.8) is 0 Å². The summed E-state index contributed by atoms with van der Waals surface area (Å²) in [6.45, 7) is 0.381. The first-order valence-electron chi connectivity index (χ1n) is 6.31. The second-order valence-electron chi connectivity index (χ2n) is 4.77. The van der Waals surface area contributed by atoms with Gasteiger partial charge in [-0.1, -0.05) is 6.07 Å². The van der Waals surface area contributed by atoms with Gasteiger partial charge in [-0.05, 0) is 42.0 Å². The summed E-state index contributed by atoms with van der Waals surface area (Å²) in [4.78, 5) is 10.8. The molecule has 3 aromatic rings. The van der Waals surface area contributed by atoms with Crippen molar-refractivity contribution in [3.05, 3.63) is 71.4 Å². The van der Waals surface area contributed by atoms with Gasteiger partial charge in [-0.15, -0.1) is 0 Å². The van der Waals surface area contributed by atoms with Gasteiger partial charge in [-0.25, -0.2) is 13.6 Å². The summed E-state index contributed by atoms with van der Waals surface area (Å²) in [7, 11) is 0. The number of benzene rings is 2. The monoisotopic (exact) mass is 287 g/mol. The molecule has 0 saturated heterocycles. The van der Waals surface area contributed by atoms with Crippen LogP contribution in [0.4, 0.5) is 8.78 Å². The fourth-order valence-electron chi connectivity index (χ4n) is 2.34. The normalized spacial score (nSPS) is 11.0. The number of aromatic carboxylic acids is 1. The molecule has 1 N–H and O–H groups in total. The molecule has 0 amide bonds. The molecule has 0 saturated carbocycles. The molecular weight excluding hydrogens is 276 g/mol. The van der Waals surface area contributed by atoms with Gasteiger partial charge in [0.15, 0.2) is 0 Å². The SMILES string of the molecule is O=C(O)c1ccc(Cn2ccc3cc(F)ccc32)cc1F. The lowest BCUT2D eigenvalue weighted by molar-refractivity contribution is 0.0692. The van der Waals surface area contributed by atoms with Gasteiger partial charge in [0.2, 0.25) is 0 Å². The molecule has 0 spiro atoms. The highest BCUT2D eigenvalue weighted by Gasteiger charge is 2.11. The number of hydrogen-bond acceptors (Lipinski definition) is 1. The third kappa shape index (κ3) is 2.50. The van der Waals surface area contributed by atoms with Crippen molar-refractivity contribution in [2.75, 3.05) is 0 Å². The fourth-order valence-corrected chi connectivity index (χ4v) is 2.34. The zero-order valence-electron chi connectivity index (χ0n) is 10.9. The Morgan fingerprint density at radius 2 is 1.90 bits per heavy atom. The summed E-state index contributed by atoms with van der Waals surface area (Å²) in [5.74, 6) is -2.36. The number of nitrogens with zero attached hydrogens (tertiary/aromatic N) is 1. The van der Waals surface area contributed by atoms with Crippen LogP contribution in [-0.2, 0) is 6.54 Å². The van der Waals surface area contributed by atoms with Crippen LogP contribution in [-0.4, -0.2) is 15.6 Å². The molecule has 0 aliphatic carbocycles. The summed E-state index contributed by atoms with van der Waals surface area (Å²) >= 11 is 0. The number of carboxylic acid groups (broad SMARTS) is 1. The van der Waals surface area contributed by atoms with Crippen molar-refractivity contribution in [1.82, 2.24) is 4.57 Å². The van der Waals surface area contributed by atoms with E-state index in [4.69, 9.17) is 5.11 Å². The van der Waals surface area contributed by atoms with E-state index in [1.807, 2.05) is 4.57 Å². The number of aromatic nitrogens is 1. The number of carboxylic acids is 1. The molecule has 0 radical (unpaired) electrons. The zero-order chi connectivity index (χ0) is 15.0. The summed E-state index contributed by atoms with van der Waals surface area (Å²) in [5, 5.41) is 9.56. The number of hydrogen-bond donors (Lipinski definition) is 1. The molecule has 106 valence electrons. The predicted molar refractivity (Wildman–Crippen MR) is 74.4 cm³/mol. The maximum atomic E-state index is 13.7. The van der Waals surface area contributed by atoms with E-state index in [0.717, 1.165) is 10.9 Å². The Bertz CT molecular complexity index is 839. The molecule has 1 heterocycles. The minimum absolute atomic E-state index is 0.308. The van der Waals surface area contributed by atoms with Crippen LogP contribution in [0.25, 0.3) is 10.9 Å². The summed E-state index contributed by atoms with van der Waals surface area (Å²) in [5.41, 5.74) is 1.12. The molecule has 1 aromatic heterocycles. The third-order valence-electron chi connectivity index (χ3n) is 3.35. The minimum Gasteiger partial charge on any atom is -0.478 e. The van der Waals surface area contributed by atoms with Crippen molar-refractivity contribution in [3.8, 4) is 0 Å². The number of rotatable bonds is 3. The van der Waals surface area contributed by atoms with Crippen LogP contribution < -0.4 is 0 Å². The molecule has 0 fully saturated rings. The Morgan fingerprint density at radius 3 is 2.62 bits per heavy atom. The van der Waals surface area contributed by atoms with E-state index in [2.05, 4.69) is 0 Å². The Labute approximate surface area is 119 Å². The Morgan fingerprint density at radius 1 is 1.10 bits per heavy atom. The van der Waals surface area contributed by atoms with Gasteiger partial charge < -0.3 is 9.67 Å². The first-order chi connectivity index (χ1) is 10.0. The summed E-state index contributed by atoms with van der Waals surface area (Å²) in [6, 6.07) is 10.3. The minimum atomic E-state index is -1.29. The molecule has 0 aliphatic heterocycles. The molecule has 0 aliphatic rings. The number of fused-ring (bicyclic) bond motifs is 1. The molecule has 0 atom stereocenters. The molecular formula is C16H11F2NO2. The first kappa shape index (κ1) is 13.3. The molecule has 0 unspecified atom stereocenters. The van der Waals surface area contributed by atoms with Crippen LogP contribution in [0.15, 0.2) is 48.7 Å². The Hall–Kier alpha value is -2.69.